The van der Waals surface area contributed by atoms with Gasteiger partial charge < -0.3 is 11.1 Å². The molecule has 4 nitrogen and oxygen atoms in total. The van der Waals surface area contributed by atoms with Gasteiger partial charge in [-0.3, -0.25) is 4.98 Å². The van der Waals surface area contributed by atoms with Gasteiger partial charge in [-0.05, 0) is 25.0 Å². The van der Waals surface area contributed by atoms with Crippen LogP contribution in [-0.2, 0) is 6.54 Å². The fraction of sp³-hybridized carbons (Fsp3) is 0.625. The molecule has 0 amide bonds. The predicted molar refractivity (Wildman–Crippen MR) is 101 cm³/mol. The lowest BCUT2D eigenvalue weighted by atomic mass is 10.1. The number of pyridine rings is 1. The van der Waals surface area contributed by atoms with Crippen LogP contribution < -0.4 is 11.1 Å². The molecule has 0 aliphatic heterocycles. The predicted octanol–water partition coefficient (Wildman–Crippen LogP) is 3.77. The Balaban J connectivity index is 0.00000400. The molecule has 0 unspecified atom stereocenters. The number of nitrogens with two attached hydrogens (primary N) is 1. The molecule has 0 spiro atoms. The number of aliphatic imine (C=N–C) groups is 1. The van der Waals surface area contributed by atoms with Gasteiger partial charge in [-0.1, -0.05) is 45.1 Å². The largest absolute Gasteiger partial charge is 0.370 e. The van der Waals surface area contributed by atoms with Crippen LogP contribution in [0.4, 0.5) is 0 Å². The maximum atomic E-state index is 5.85. The van der Waals surface area contributed by atoms with E-state index >= 15 is 0 Å². The average molecular weight is 404 g/mol. The summed E-state index contributed by atoms with van der Waals surface area (Å²) >= 11 is 0. The van der Waals surface area contributed by atoms with Gasteiger partial charge in [-0.2, -0.15) is 0 Å². The lowest BCUT2D eigenvalue weighted by molar-refractivity contribution is 0.601. The van der Waals surface area contributed by atoms with Gasteiger partial charge >= 0.3 is 0 Å². The van der Waals surface area contributed by atoms with Crippen molar-refractivity contribution in [2.45, 2.75) is 58.9 Å². The minimum Gasteiger partial charge on any atom is -0.370 e. The molecule has 0 aromatic carbocycles. The summed E-state index contributed by atoms with van der Waals surface area (Å²) in [6.45, 7) is 5.73. The van der Waals surface area contributed by atoms with Gasteiger partial charge in [0, 0.05) is 12.7 Å². The lowest BCUT2D eigenvalue weighted by Crippen LogP contribution is -2.32. The van der Waals surface area contributed by atoms with E-state index in [2.05, 4.69) is 22.2 Å². The minimum atomic E-state index is 0. The molecule has 0 fully saturated rings. The minimum absolute atomic E-state index is 0. The van der Waals surface area contributed by atoms with E-state index in [0.29, 0.717) is 12.5 Å². The summed E-state index contributed by atoms with van der Waals surface area (Å²) in [5.41, 5.74) is 7.98. The Morgan fingerprint density at radius 2 is 1.95 bits per heavy atom. The SMILES string of the molecule is CCCCCCCCNC(N)=NCc1ncccc1C.I. The molecule has 3 N–H and O–H groups in total. The number of guanidine groups is 1. The number of rotatable bonds is 9. The molecule has 0 radical (unpaired) electrons. The third kappa shape index (κ3) is 9.66. The maximum Gasteiger partial charge on any atom is 0.188 e. The second-order valence-electron chi connectivity index (χ2n) is 5.16. The van der Waals surface area contributed by atoms with Crippen LogP contribution in [0.3, 0.4) is 0 Å². The number of hydrogen-bond acceptors (Lipinski definition) is 2. The first-order chi connectivity index (χ1) is 9.74. The Bertz CT molecular complexity index is 407. The molecule has 1 rings (SSSR count). The standard InChI is InChI=1S/C16H28N4.HI/c1-3-4-5-6-7-8-11-19-16(17)20-13-15-14(2)10-9-12-18-15;/h9-10,12H,3-8,11,13H2,1-2H3,(H3,17,19,20);1H. The topological polar surface area (TPSA) is 63.3 Å². The van der Waals surface area contributed by atoms with Gasteiger partial charge in [-0.25, -0.2) is 4.99 Å². The number of nitrogens with one attached hydrogen (secondary N) is 1. The summed E-state index contributed by atoms with van der Waals surface area (Å²) < 4.78 is 0. The van der Waals surface area contributed by atoms with Crippen molar-refractivity contribution in [3.63, 3.8) is 0 Å². The van der Waals surface area contributed by atoms with E-state index in [0.717, 1.165) is 24.2 Å². The molecular weight excluding hydrogens is 375 g/mol. The normalized spacial score (nSPS) is 11.0. The Labute approximate surface area is 146 Å². The van der Waals surface area contributed by atoms with E-state index in [1.807, 2.05) is 19.1 Å². The van der Waals surface area contributed by atoms with Crippen LogP contribution in [-0.4, -0.2) is 17.5 Å². The Hall–Kier alpha value is -0.850. The van der Waals surface area contributed by atoms with Crippen molar-refractivity contribution >= 4 is 29.9 Å². The molecule has 0 saturated carbocycles. The van der Waals surface area contributed by atoms with Crippen LogP contribution in [0.1, 0.15) is 56.7 Å². The van der Waals surface area contributed by atoms with Gasteiger partial charge in [-0.15, -0.1) is 24.0 Å². The Morgan fingerprint density at radius 1 is 1.24 bits per heavy atom. The highest BCUT2D eigenvalue weighted by atomic mass is 127. The molecular formula is C16H29IN4. The number of nitrogens with zero attached hydrogens (tertiary/aromatic N) is 2. The maximum absolute atomic E-state index is 5.85. The zero-order valence-electron chi connectivity index (χ0n) is 13.3. The van der Waals surface area contributed by atoms with E-state index in [4.69, 9.17) is 5.73 Å². The second kappa shape index (κ2) is 12.9. The summed E-state index contributed by atoms with van der Waals surface area (Å²) in [5, 5.41) is 3.16. The van der Waals surface area contributed by atoms with E-state index < -0.39 is 0 Å². The van der Waals surface area contributed by atoms with E-state index in [1.165, 1.54) is 32.1 Å². The fourth-order valence-electron chi connectivity index (χ4n) is 2.02. The first-order valence-corrected chi connectivity index (χ1v) is 7.68. The van der Waals surface area contributed by atoms with E-state index in [1.54, 1.807) is 6.20 Å². The molecule has 0 saturated heterocycles. The van der Waals surface area contributed by atoms with Gasteiger partial charge in [0.25, 0.3) is 0 Å². The molecule has 0 aliphatic rings. The third-order valence-electron chi connectivity index (χ3n) is 3.35. The quantitative estimate of drug-likeness (QED) is 0.285. The molecule has 1 heterocycles. The van der Waals surface area contributed by atoms with Crippen molar-refractivity contribution in [3.8, 4) is 0 Å². The number of unbranched alkanes of at least 4 members (excludes halogenated alkanes) is 5. The van der Waals surface area contributed by atoms with Crippen LogP contribution >= 0.6 is 24.0 Å². The van der Waals surface area contributed by atoms with Crippen LogP contribution in [0.25, 0.3) is 0 Å². The van der Waals surface area contributed by atoms with E-state index in [9.17, 15) is 0 Å². The van der Waals surface area contributed by atoms with Gasteiger partial charge in [0.05, 0.1) is 12.2 Å². The van der Waals surface area contributed by atoms with Crippen molar-refractivity contribution in [1.29, 1.82) is 0 Å². The smallest absolute Gasteiger partial charge is 0.188 e. The van der Waals surface area contributed by atoms with Crippen LogP contribution in [0.2, 0.25) is 0 Å². The molecule has 0 bridgehead atoms. The van der Waals surface area contributed by atoms with Crippen molar-refractivity contribution in [1.82, 2.24) is 10.3 Å². The third-order valence-corrected chi connectivity index (χ3v) is 3.35. The fourth-order valence-corrected chi connectivity index (χ4v) is 2.02. The van der Waals surface area contributed by atoms with Crippen LogP contribution in [0.5, 0.6) is 0 Å². The van der Waals surface area contributed by atoms with Crippen molar-refractivity contribution in [2.75, 3.05) is 6.54 Å². The van der Waals surface area contributed by atoms with Crippen molar-refractivity contribution < 1.29 is 0 Å². The zero-order valence-corrected chi connectivity index (χ0v) is 15.6. The molecule has 1 aromatic heterocycles. The Morgan fingerprint density at radius 3 is 2.67 bits per heavy atom. The second-order valence-corrected chi connectivity index (χ2v) is 5.16. The van der Waals surface area contributed by atoms with Crippen molar-refractivity contribution in [2.24, 2.45) is 10.7 Å². The Kier molecular flexibility index (Phi) is 12.3. The number of halogens is 1. The molecule has 1 aromatic rings. The zero-order chi connectivity index (χ0) is 14.6. The van der Waals surface area contributed by atoms with Gasteiger partial charge in [0.2, 0.25) is 0 Å². The number of hydrogen-bond donors (Lipinski definition) is 2. The monoisotopic (exact) mass is 404 g/mol. The van der Waals surface area contributed by atoms with Gasteiger partial charge in [0.1, 0.15) is 0 Å². The first-order valence-electron chi connectivity index (χ1n) is 7.68. The molecule has 120 valence electrons. The molecule has 5 heteroatoms. The first kappa shape index (κ1) is 20.1. The lowest BCUT2D eigenvalue weighted by Gasteiger charge is -2.06. The summed E-state index contributed by atoms with van der Waals surface area (Å²) in [6, 6.07) is 3.97. The average Bonchev–Trinajstić information content (AvgIpc) is 2.45. The summed E-state index contributed by atoms with van der Waals surface area (Å²) in [4.78, 5) is 8.62. The van der Waals surface area contributed by atoms with E-state index in [-0.39, 0.29) is 24.0 Å². The number of aryl methyl sites for hydroxylation is 1. The number of aromatic nitrogens is 1. The van der Waals surface area contributed by atoms with Crippen LogP contribution in [0, 0.1) is 6.92 Å². The molecule has 0 aliphatic carbocycles. The van der Waals surface area contributed by atoms with Crippen LogP contribution in [0.15, 0.2) is 23.3 Å². The van der Waals surface area contributed by atoms with Gasteiger partial charge in [0.15, 0.2) is 5.96 Å². The highest BCUT2D eigenvalue weighted by Gasteiger charge is 1.98. The summed E-state index contributed by atoms with van der Waals surface area (Å²) in [7, 11) is 0. The van der Waals surface area contributed by atoms with Crippen molar-refractivity contribution in [3.05, 3.63) is 29.6 Å². The summed E-state index contributed by atoms with van der Waals surface area (Å²) in [5.74, 6) is 0.517. The molecule has 0 atom stereocenters. The highest BCUT2D eigenvalue weighted by molar-refractivity contribution is 14.0. The summed E-state index contributed by atoms with van der Waals surface area (Å²) in [6.07, 6.45) is 9.52. The molecule has 21 heavy (non-hydrogen) atoms. The highest BCUT2D eigenvalue weighted by Crippen LogP contribution is 2.05.